The maximum absolute atomic E-state index is 11.9. The number of likely N-dealkylation sites (tertiary alicyclic amines) is 1. The Morgan fingerprint density at radius 3 is 2.65 bits per heavy atom. The van der Waals surface area contributed by atoms with Crippen LogP contribution in [0.4, 0.5) is 4.79 Å². The predicted molar refractivity (Wildman–Crippen MR) is 74.2 cm³/mol. The Morgan fingerprint density at radius 1 is 1.45 bits per heavy atom. The molecule has 3 rings (SSSR count). The first-order valence-electron chi connectivity index (χ1n) is 7.09. The van der Waals surface area contributed by atoms with Gasteiger partial charge in [-0.15, -0.1) is 0 Å². The summed E-state index contributed by atoms with van der Waals surface area (Å²) in [6, 6.07) is 2.21. The Labute approximate surface area is 118 Å². The highest BCUT2D eigenvalue weighted by Gasteiger charge is 2.45. The van der Waals surface area contributed by atoms with Crippen LogP contribution >= 0.6 is 0 Å². The molecule has 2 N–H and O–H groups in total. The summed E-state index contributed by atoms with van der Waals surface area (Å²) < 4.78 is 7.33. The number of hydrogen-bond donors (Lipinski definition) is 1. The molecular formula is C14H22N4O2. The minimum absolute atomic E-state index is 0.192. The van der Waals surface area contributed by atoms with Crippen LogP contribution in [0.25, 0.3) is 0 Å². The minimum Gasteiger partial charge on any atom is -0.444 e. The third-order valence-electron chi connectivity index (χ3n) is 3.83. The molecule has 1 amide bonds. The van der Waals surface area contributed by atoms with Gasteiger partial charge in [0.2, 0.25) is 0 Å². The quantitative estimate of drug-likeness (QED) is 0.892. The summed E-state index contributed by atoms with van der Waals surface area (Å²) in [6.45, 7) is 6.90. The molecule has 2 aliphatic rings. The molecule has 0 atom stereocenters. The summed E-state index contributed by atoms with van der Waals surface area (Å²) in [6.07, 6.45) is 3.57. The van der Waals surface area contributed by atoms with Crippen molar-refractivity contribution in [2.24, 2.45) is 5.73 Å². The Bertz CT molecular complexity index is 522. The van der Waals surface area contributed by atoms with Gasteiger partial charge in [0, 0.05) is 19.3 Å². The zero-order chi connectivity index (χ0) is 14.5. The van der Waals surface area contributed by atoms with Crippen molar-refractivity contribution in [3.05, 3.63) is 18.0 Å². The molecule has 1 saturated heterocycles. The van der Waals surface area contributed by atoms with E-state index in [-0.39, 0.29) is 17.7 Å². The van der Waals surface area contributed by atoms with Crippen LogP contribution in [0.2, 0.25) is 0 Å². The highest BCUT2D eigenvalue weighted by atomic mass is 16.6. The summed E-state index contributed by atoms with van der Waals surface area (Å²) in [5, 5.41) is 4.37. The maximum Gasteiger partial charge on any atom is 0.410 e. The van der Waals surface area contributed by atoms with Crippen molar-refractivity contribution in [2.45, 2.75) is 50.8 Å². The van der Waals surface area contributed by atoms with Gasteiger partial charge in [-0.05, 0) is 39.7 Å². The fraction of sp³-hybridized carbons (Fsp3) is 0.714. The van der Waals surface area contributed by atoms with E-state index in [9.17, 15) is 4.79 Å². The SMILES string of the molecule is CC(C)(C)OC(=O)N1CC(n2nccc2C2(N)CC2)C1. The van der Waals surface area contributed by atoms with E-state index in [4.69, 9.17) is 10.5 Å². The van der Waals surface area contributed by atoms with Gasteiger partial charge < -0.3 is 15.4 Å². The number of ether oxygens (including phenoxy) is 1. The van der Waals surface area contributed by atoms with E-state index in [1.54, 1.807) is 11.1 Å². The van der Waals surface area contributed by atoms with Gasteiger partial charge in [-0.1, -0.05) is 0 Å². The number of carbonyl (C=O) groups is 1. The predicted octanol–water partition coefficient (Wildman–Crippen LogP) is 1.62. The van der Waals surface area contributed by atoms with Gasteiger partial charge in [0.1, 0.15) is 5.60 Å². The van der Waals surface area contributed by atoms with E-state index >= 15 is 0 Å². The van der Waals surface area contributed by atoms with Crippen LogP contribution in [-0.4, -0.2) is 39.5 Å². The fourth-order valence-electron chi connectivity index (χ4n) is 2.48. The smallest absolute Gasteiger partial charge is 0.410 e. The lowest BCUT2D eigenvalue weighted by atomic mass is 10.1. The van der Waals surface area contributed by atoms with Gasteiger partial charge in [0.15, 0.2) is 0 Å². The second-order valence-corrected chi connectivity index (χ2v) is 6.86. The first kappa shape index (κ1) is 13.4. The summed E-state index contributed by atoms with van der Waals surface area (Å²) in [5.41, 5.74) is 6.69. The summed E-state index contributed by atoms with van der Waals surface area (Å²) >= 11 is 0. The van der Waals surface area contributed by atoms with Crippen molar-refractivity contribution in [1.82, 2.24) is 14.7 Å². The lowest BCUT2D eigenvalue weighted by Gasteiger charge is -2.40. The van der Waals surface area contributed by atoms with Gasteiger partial charge in [-0.25, -0.2) is 4.79 Å². The standard InChI is InChI=1S/C14H22N4O2/c1-13(2,3)20-12(19)17-8-10(9-17)18-11(4-7-16-18)14(15)5-6-14/h4,7,10H,5-6,8-9,15H2,1-3H3. The van der Waals surface area contributed by atoms with E-state index in [0.717, 1.165) is 18.5 Å². The average Bonchev–Trinajstić information content (AvgIpc) is 2.82. The van der Waals surface area contributed by atoms with Gasteiger partial charge in [0.25, 0.3) is 0 Å². The molecule has 0 aromatic carbocycles. The highest BCUT2D eigenvalue weighted by Crippen LogP contribution is 2.43. The first-order chi connectivity index (χ1) is 9.28. The van der Waals surface area contributed by atoms with Gasteiger partial charge in [-0.3, -0.25) is 4.68 Å². The third kappa shape index (κ3) is 2.40. The van der Waals surface area contributed by atoms with E-state index in [0.29, 0.717) is 13.1 Å². The molecule has 1 aromatic heterocycles. The molecule has 1 aliphatic heterocycles. The maximum atomic E-state index is 11.9. The van der Waals surface area contributed by atoms with Crippen LogP contribution < -0.4 is 5.73 Å². The zero-order valence-electron chi connectivity index (χ0n) is 12.3. The zero-order valence-corrected chi connectivity index (χ0v) is 12.3. The highest BCUT2D eigenvalue weighted by molar-refractivity contribution is 5.69. The number of carbonyl (C=O) groups excluding carboxylic acids is 1. The number of hydrogen-bond acceptors (Lipinski definition) is 4. The molecule has 2 heterocycles. The Morgan fingerprint density at radius 2 is 2.10 bits per heavy atom. The lowest BCUT2D eigenvalue weighted by Crippen LogP contribution is -2.53. The Hall–Kier alpha value is -1.56. The van der Waals surface area contributed by atoms with Crippen molar-refractivity contribution in [3.8, 4) is 0 Å². The van der Waals surface area contributed by atoms with Crippen molar-refractivity contribution in [3.63, 3.8) is 0 Å². The molecule has 1 saturated carbocycles. The van der Waals surface area contributed by atoms with Crippen molar-refractivity contribution in [1.29, 1.82) is 0 Å². The number of aromatic nitrogens is 2. The summed E-state index contributed by atoms with van der Waals surface area (Å²) in [5.74, 6) is 0. The number of nitrogens with two attached hydrogens (primary N) is 1. The van der Waals surface area contributed by atoms with Gasteiger partial charge in [0.05, 0.1) is 17.3 Å². The van der Waals surface area contributed by atoms with Crippen molar-refractivity contribution >= 4 is 6.09 Å². The minimum atomic E-state index is -0.450. The monoisotopic (exact) mass is 278 g/mol. The molecule has 2 fully saturated rings. The Balaban J connectivity index is 1.61. The Kier molecular flexibility index (Phi) is 2.83. The first-order valence-corrected chi connectivity index (χ1v) is 7.09. The number of nitrogens with zero attached hydrogens (tertiary/aromatic N) is 3. The molecule has 0 bridgehead atoms. The molecular weight excluding hydrogens is 256 g/mol. The van der Waals surface area contributed by atoms with Gasteiger partial charge in [-0.2, -0.15) is 5.10 Å². The molecule has 110 valence electrons. The molecule has 0 radical (unpaired) electrons. The number of rotatable bonds is 2. The fourth-order valence-corrected chi connectivity index (χ4v) is 2.48. The van der Waals surface area contributed by atoms with Crippen molar-refractivity contribution < 1.29 is 9.53 Å². The number of amides is 1. The van der Waals surface area contributed by atoms with Crippen LogP contribution in [0, 0.1) is 0 Å². The molecule has 6 heteroatoms. The van der Waals surface area contributed by atoms with Crippen molar-refractivity contribution in [2.75, 3.05) is 13.1 Å². The van der Waals surface area contributed by atoms with E-state index in [1.165, 1.54) is 0 Å². The molecule has 6 nitrogen and oxygen atoms in total. The van der Waals surface area contributed by atoms with E-state index in [1.807, 2.05) is 31.5 Å². The lowest BCUT2D eigenvalue weighted by molar-refractivity contribution is -0.000918. The third-order valence-corrected chi connectivity index (χ3v) is 3.83. The summed E-state index contributed by atoms with van der Waals surface area (Å²) in [7, 11) is 0. The van der Waals surface area contributed by atoms with Crippen LogP contribution in [-0.2, 0) is 10.3 Å². The topological polar surface area (TPSA) is 73.4 Å². The van der Waals surface area contributed by atoms with Crippen LogP contribution in [0.15, 0.2) is 12.3 Å². The second kappa shape index (κ2) is 4.22. The molecule has 0 unspecified atom stereocenters. The van der Waals surface area contributed by atoms with Crippen LogP contribution in [0.5, 0.6) is 0 Å². The summed E-state index contributed by atoms with van der Waals surface area (Å²) in [4.78, 5) is 13.6. The van der Waals surface area contributed by atoms with Crippen LogP contribution in [0.1, 0.15) is 45.3 Å². The second-order valence-electron chi connectivity index (χ2n) is 6.86. The van der Waals surface area contributed by atoms with E-state index in [2.05, 4.69) is 5.10 Å². The molecule has 20 heavy (non-hydrogen) atoms. The van der Waals surface area contributed by atoms with Crippen LogP contribution in [0.3, 0.4) is 0 Å². The molecule has 1 aromatic rings. The largest absolute Gasteiger partial charge is 0.444 e. The van der Waals surface area contributed by atoms with E-state index < -0.39 is 5.60 Å². The molecule has 1 aliphatic carbocycles. The van der Waals surface area contributed by atoms with Gasteiger partial charge >= 0.3 is 6.09 Å². The average molecular weight is 278 g/mol. The normalized spacial score (nSPS) is 21.5. The molecule has 0 spiro atoms.